The van der Waals surface area contributed by atoms with Crippen LogP contribution in [0.5, 0.6) is 0 Å². The van der Waals surface area contributed by atoms with Gasteiger partial charge in [-0.25, -0.2) is 4.79 Å². The lowest BCUT2D eigenvalue weighted by atomic mass is 10.1. The van der Waals surface area contributed by atoms with Crippen LogP contribution in [-0.2, 0) is 19.1 Å². The molecule has 94 valence electrons. The Kier molecular flexibility index (Phi) is 7.37. The van der Waals surface area contributed by atoms with E-state index >= 15 is 0 Å². The molecule has 0 fully saturated rings. The molecule has 0 spiro atoms. The molecular weight excluding hydrogens is 236 g/mol. The number of hydrogen-bond acceptors (Lipinski definition) is 4. The molecule has 0 saturated heterocycles. The van der Waals surface area contributed by atoms with Gasteiger partial charge in [-0.1, -0.05) is 17.7 Å². The minimum Gasteiger partial charge on any atom is -0.457 e. The smallest absolute Gasteiger partial charge is 0.422 e. The second kappa shape index (κ2) is 8.58. The highest BCUT2D eigenvalue weighted by Crippen LogP contribution is 2.04. The average Bonchev–Trinajstić information content (AvgIpc) is 2.34. The largest absolute Gasteiger partial charge is 0.457 e. The number of carbonyl (C=O) groups excluding carboxylic acids is 3. The van der Waals surface area contributed by atoms with Gasteiger partial charge in [0.2, 0.25) is 0 Å². The molecule has 1 aromatic rings. The Morgan fingerprint density at radius 3 is 2.22 bits per heavy atom. The first kappa shape index (κ1) is 15.4. The molecule has 0 aliphatic rings. The minimum atomic E-state index is -0.621. The maximum atomic E-state index is 11.3. The number of ether oxygens (including phenoxy) is 1. The molecule has 0 heterocycles. The number of nitrogens with zero attached hydrogens (tertiary/aromatic N) is 2. The summed E-state index contributed by atoms with van der Waals surface area (Å²) in [6.07, 6.45) is 0.250. The summed E-state index contributed by atoms with van der Waals surface area (Å²) in [5, 5.41) is 0. The van der Waals surface area contributed by atoms with E-state index in [2.05, 4.69) is 4.79 Å². The summed E-state index contributed by atoms with van der Waals surface area (Å²) in [5.74, 6) is -0.621. The van der Waals surface area contributed by atoms with Gasteiger partial charge >= 0.3 is 17.8 Å². The third-order valence-corrected chi connectivity index (χ3v) is 1.89. The van der Waals surface area contributed by atoms with Crippen LogP contribution < -0.4 is 0 Å². The molecular formula is C12H12N2O4. The Labute approximate surface area is 104 Å². The van der Waals surface area contributed by atoms with Gasteiger partial charge in [-0.15, -0.1) is 0 Å². The fourth-order valence-corrected chi connectivity index (χ4v) is 1.13. The van der Waals surface area contributed by atoms with Crippen molar-refractivity contribution < 1.29 is 23.9 Å². The van der Waals surface area contributed by atoms with E-state index in [9.17, 15) is 4.79 Å². The first-order valence-electron chi connectivity index (χ1n) is 5.06. The van der Waals surface area contributed by atoms with Crippen LogP contribution >= 0.6 is 0 Å². The number of rotatable bonds is 3. The van der Waals surface area contributed by atoms with E-state index in [-0.39, 0.29) is 18.5 Å². The minimum absolute atomic E-state index is 0.0724. The van der Waals surface area contributed by atoms with Gasteiger partial charge in [0.15, 0.2) is 0 Å². The summed E-state index contributed by atoms with van der Waals surface area (Å²) in [5.41, 5.74) is 10.3. The van der Waals surface area contributed by atoms with Crippen LogP contribution in [0.25, 0.3) is 5.53 Å². The van der Waals surface area contributed by atoms with Gasteiger partial charge in [-0.2, -0.15) is 14.4 Å². The summed E-state index contributed by atoms with van der Waals surface area (Å²) in [7, 11) is 0. The molecule has 0 aromatic heterocycles. The molecule has 0 N–H and O–H groups in total. The van der Waals surface area contributed by atoms with Crippen LogP contribution in [0, 0.1) is 6.92 Å². The van der Waals surface area contributed by atoms with Gasteiger partial charge in [0.25, 0.3) is 0 Å². The van der Waals surface area contributed by atoms with E-state index in [0.717, 1.165) is 5.56 Å². The van der Waals surface area contributed by atoms with Crippen LogP contribution in [-0.4, -0.2) is 29.2 Å². The van der Waals surface area contributed by atoms with Crippen LogP contribution in [0.15, 0.2) is 24.3 Å². The van der Waals surface area contributed by atoms with Gasteiger partial charge in [-0.05, 0) is 26.0 Å². The number of hydrogen-bond donors (Lipinski definition) is 0. The highest BCUT2D eigenvalue weighted by Gasteiger charge is 2.23. The van der Waals surface area contributed by atoms with Gasteiger partial charge in [0, 0.05) is 0 Å². The first-order chi connectivity index (χ1) is 8.60. The van der Waals surface area contributed by atoms with E-state index < -0.39 is 5.97 Å². The van der Waals surface area contributed by atoms with Crippen molar-refractivity contribution in [2.45, 2.75) is 13.8 Å². The Balaban J connectivity index is 0.000000873. The Hall–Kier alpha value is -2.55. The summed E-state index contributed by atoms with van der Waals surface area (Å²) in [4.78, 5) is 30.5. The zero-order valence-corrected chi connectivity index (χ0v) is 10.0. The normalized spacial score (nSPS) is 8.11. The fourth-order valence-electron chi connectivity index (χ4n) is 1.13. The molecule has 0 bridgehead atoms. The van der Waals surface area contributed by atoms with Crippen LogP contribution in [0.1, 0.15) is 18.1 Å². The standard InChI is InChI=1S/C11H12N2O2.CO2/c1-3-15-11(14)10(13-12)9-6-4-8(2)5-7-9;2-1-3/h4-7H,3H2,1-2H3;. The van der Waals surface area contributed by atoms with Gasteiger partial charge < -0.3 is 10.3 Å². The van der Waals surface area contributed by atoms with Crippen molar-refractivity contribution in [1.82, 2.24) is 0 Å². The molecule has 1 rings (SSSR count). The van der Waals surface area contributed by atoms with E-state index in [0.29, 0.717) is 5.56 Å². The summed E-state index contributed by atoms with van der Waals surface area (Å²) < 4.78 is 4.75. The molecule has 0 aliphatic heterocycles. The van der Waals surface area contributed by atoms with Crippen LogP contribution in [0.2, 0.25) is 0 Å². The quantitative estimate of drug-likeness (QED) is 0.345. The SMILES string of the molecule is CCOC(=O)C(=[N+]=[N-])c1ccc(C)cc1.O=C=O. The van der Waals surface area contributed by atoms with Crippen molar-refractivity contribution in [3.8, 4) is 0 Å². The van der Waals surface area contributed by atoms with Crippen molar-refractivity contribution in [2.24, 2.45) is 0 Å². The molecule has 0 radical (unpaired) electrons. The Morgan fingerprint density at radius 1 is 1.33 bits per heavy atom. The van der Waals surface area contributed by atoms with Gasteiger partial charge in [0.1, 0.15) is 0 Å². The third kappa shape index (κ3) is 4.99. The van der Waals surface area contributed by atoms with Crippen LogP contribution in [0.4, 0.5) is 0 Å². The number of aryl methyl sites for hydroxylation is 1. The fraction of sp³-hybridized carbons (Fsp3) is 0.250. The second-order valence-corrected chi connectivity index (χ2v) is 3.12. The molecule has 0 aliphatic carbocycles. The van der Waals surface area contributed by atoms with Crippen molar-refractivity contribution in [3.63, 3.8) is 0 Å². The molecule has 6 nitrogen and oxygen atoms in total. The first-order valence-corrected chi connectivity index (χ1v) is 5.06. The van der Waals surface area contributed by atoms with Crippen molar-refractivity contribution in [1.29, 1.82) is 0 Å². The zero-order chi connectivity index (χ0) is 14.0. The summed E-state index contributed by atoms with van der Waals surface area (Å²) in [6.45, 7) is 3.88. The lowest BCUT2D eigenvalue weighted by Crippen LogP contribution is -2.19. The number of esters is 1. The monoisotopic (exact) mass is 248 g/mol. The molecule has 0 unspecified atom stereocenters. The highest BCUT2D eigenvalue weighted by atomic mass is 16.5. The molecule has 1 aromatic carbocycles. The topological polar surface area (TPSA) is 96.8 Å². The maximum Gasteiger partial charge on any atom is 0.422 e. The Morgan fingerprint density at radius 2 is 1.83 bits per heavy atom. The van der Waals surface area contributed by atoms with Crippen molar-refractivity contribution in [2.75, 3.05) is 6.61 Å². The molecule has 18 heavy (non-hydrogen) atoms. The van der Waals surface area contributed by atoms with Crippen molar-refractivity contribution in [3.05, 3.63) is 40.9 Å². The van der Waals surface area contributed by atoms with E-state index in [1.165, 1.54) is 0 Å². The van der Waals surface area contributed by atoms with E-state index in [1.54, 1.807) is 19.1 Å². The van der Waals surface area contributed by atoms with Gasteiger partial charge in [-0.3, -0.25) is 0 Å². The highest BCUT2D eigenvalue weighted by molar-refractivity contribution is 6.40. The molecule has 0 saturated carbocycles. The predicted molar refractivity (Wildman–Crippen MR) is 60.5 cm³/mol. The maximum absolute atomic E-state index is 11.3. The van der Waals surface area contributed by atoms with E-state index in [1.807, 2.05) is 19.1 Å². The predicted octanol–water partition coefficient (Wildman–Crippen LogP) is 0.994. The molecule has 6 heteroatoms. The number of benzene rings is 1. The lowest BCUT2D eigenvalue weighted by Gasteiger charge is -1.98. The second-order valence-electron chi connectivity index (χ2n) is 3.12. The van der Waals surface area contributed by atoms with Crippen molar-refractivity contribution >= 4 is 17.8 Å². The zero-order valence-electron chi connectivity index (χ0n) is 10.0. The average molecular weight is 248 g/mol. The number of carbonyl (C=O) groups is 1. The van der Waals surface area contributed by atoms with Crippen LogP contribution in [0.3, 0.4) is 0 Å². The third-order valence-electron chi connectivity index (χ3n) is 1.89. The Bertz CT molecular complexity index is 481. The lowest BCUT2D eigenvalue weighted by molar-refractivity contribution is -0.191. The van der Waals surface area contributed by atoms with Gasteiger partial charge in [0.05, 0.1) is 12.2 Å². The van der Waals surface area contributed by atoms with E-state index in [4.69, 9.17) is 19.9 Å². The summed E-state index contributed by atoms with van der Waals surface area (Å²) >= 11 is 0. The molecule has 0 atom stereocenters. The summed E-state index contributed by atoms with van der Waals surface area (Å²) in [6, 6.07) is 7.09. The molecule has 0 amide bonds.